The van der Waals surface area contributed by atoms with Crippen LogP contribution in [0.4, 0.5) is 13.2 Å². The van der Waals surface area contributed by atoms with Crippen molar-refractivity contribution in [3.8, 4) is 10.6 Å². The zero-order valence-electron chi connectivity index (χ0n) is 20.1. The SMILES string of the molecule is O=C(Cc1ccc([C@H]2C[C@]2(NS(=O)(=O)c2ccc(-c3cc(C(F)(F)F)on3)s2)C(=O)O)cc1)N1CCOCC1. The molecule has 3 heterocycles. The second-order valence-electron chi connectivity index (χ2n) is 9.24. The highest BCUT2D eigenvalue weighted by atomic mass is 32.2. The smallest absolute Gasteiger partial charge is 0.452 e. The second kappa shape index (κ2) is 10.0. The molecule has 3 aromatic rings. The summed E-state index contributed by atoms with van der Waals surface area (Å²) in [7, 11) is -4.34. The number of aromatic nitrogens is 1. The van der Waals surface area contributed by atoms with Gasteiger partial charge >= 0.3 is 12.1 Å². The Kier molecular flexibility index (Phi) is 7.03. The first-order chi connectivity index (χ1) is 18.4. The van der Waals surface area contributed by atoms with Crippen LogP contribution >= 0.6 is 11.3 Å². The first kappa shape index (κ1) is 27.3. The molecule has 2 aromatic heterocycles. The maximum atomic E-state index is 13.1. The van der Waals surface area contributed by atoms with E-state index in [9.17, 15) is 36.3 Å². The number of halogens is 3. The highest BCUT2D eigenvalue weighted by molar-refractivity contribution is 7.91. The molecule has 208 valence electrons. The summed E-state index contributed by atoms with van der Waals surface area (Å²) in [5.41, 5.74) is -0.647. The molecule has 2 fully saturated rings. The minimum Gasteiger partial charge on any atom is -0.480 e. The molecule has 5 rings (SSSR count). The average molecular weight is 586 g/mol. The number of nitrogens with zero attached hydrogens (tertiary/aromatic N) is 2. The molecule has 1 amide bonds. The fourth-order valence-corrected chi connectivity index (χ4v) is 7.11. The molecule has 1 saturated carbocycles. The first-order valence-electron chi connectivity index (χ1n) is 11.7. The Bertz CT molecular complexity index is 1500. The predicted octanol–water partition coefficient (Wildman–Crippen LogP) is 3.11. The molecule has 1 aliphatic carbocycles. The molecule has 0 spiro atoms. The summed E-state index contributed by atoms with van der Waals surface area (Å²) in [6.07, 6.45) is -4.56. The molecule has 2 atom stereocenters. The van der Waals surface area contributed by atoms with E-state index in [1.54, 1.807) is 29.2 Å². The highest BCUT2D eigenvalue weighted by Crippen LogP contribution is 2.52. The van der Waals surface area contributed by atoms with Gasteiger partial charge in [-0.25, -0.2) is 8.42 Å². The van der Waals surface area contributed by atoms with Crippen molar-refractivity contribution in [2.75, 3.05) is 26.3 Å². The topological polar surface area (TPSA) is 139 Å². The Balaban J connectivity index is 1.28. The van der Waals surface area contributed by atoms with E-state index < -0.39 is 39.4 Å². The van der Waals surface area contributed by atoms with Crippen LogP contribution in [0.25, 0.3) is 10.6 Å². The number of benzene rings is 1. The van der Waals surface area contributed by atoms with Crippen molar-refractivity contribution in [2.24, 2.45) is 0 Å². The summed E-state index contributed by atoms with van der Waals surface area (Å²) in [6.45, 7) is 2.04. The Morgan fingerprint density at radius 3 is 2.46 bits per heavy atom. The summed E-state index contributed by atoms with van der Waals surface area (Å²) in [4.78, 5) is 26.5. The van der Waals surface area contributed by atoms with E-state index in [4.69, 9.17) is 4.74 Å². The molecule has 15 heteroatoms. The van der Waals surface area contributed by atoms with Crippen LogP contribution in [-0.2, 0) is 36.9 Å². The van der Waals surface area contributed by atoms with E-state index in [1.165, 1.54) is 6.07 Å². The van der Waals surface area contributed by atoms with Gasteiger partial charge in [-0.3, -0.25) is 9.59 Å². The van der Waals surface area contributed by atoms with Gasteiger partial charge in [0.05, 0.1) is 24.5 Å². The molecular formula is C24H22F3N3O7S2. The number of carbonyl (C=O) groups is 2. The second-order valence-corrected chi connectivity index (χ2v) is 12.2. The molecule has 0 radical (unpaired) electrons. The van der Waals surface area contributed by atoms with Crippen LogP contribution in [-0.4, -0.2) is 67.3 Å². The number of hydrogen-bond donors (Lipinski definition) is 2. The van der Waals surface area contributed by atoms with Gasteiger partial charge in [0, 0.05) is 25.1 Å². The number of amides is 1. The molecular weight excluding hydrogens is 563 g/mol. The van der Waals surface area contributed by atoms with E-state index >= 15 is 0 Å². The third-order valence-corrected chi connectivity index (χ3v) is 9.76. The molecule has 1 saturated heterocycles. The van der Waals surface area contributed by atoms with Gasteiger partial charge in [-0.15, -0.1) is 11.3 Å². The lowest BCUT2D eigenvalue weighted by Crippen LogP contribution is -2.44. The van der Waals surface area contributed by atoms with Gasteiger partial charge in [0.25, 0.3) is 10.0 Å². The van der Waals surface area contributed by atoms with Crippen molar-refractivity contribution in [2.45, 2.75) is 34.7 Å². The molecule has 2 N–H and O–H groups in total. The first-order valence-corrected chi connectivity index (χ1v) is 14.0. The molecule has 2 aliphatic rings. The average Bonchev–Trinajstić information content (AvgIpc) is 3.25. The number of carbonyl (C=O) groups excluding carboxylic acids is 1. The largest absolute Gasteiger partial charge is 0.480 e. The normalized spacial score (nSPS) is 21.6. The predicted molar refractivity (Wildman–Crippen MR) is 130 cm³/mol. The number of carboxylic acids is 1. The van der Waals surface area contributed by atoms with Crippen LogP contribution in [0.2, 0.25) is 0 Å². The van der Waals surface area contributed by atoms with Crippen LogP contribution < -0.4 is 4.72 Å². The van der Waals surface area contributed by atoms with Crippen LogP contribution in [0, 0.1) is 0 Å². The van der Waals surface area contributed by atoms with Gasteiger partial charge in [-0.2, -0.15) is 17.9 Å². The van der Waals surface area contributed by atoms with Gasteiger partial charge in [-0.05, 0) is 29.7 Å². The van der Waals surface area contributed by atoms with E-state index in [-0.39, 0.29) is 33.5 Å². The Hall–Kier alpha value is -3.27. The molecule has 1 aromatic carbocycles. The maximum absolute atomic E-state index is 13.1. The Morgan fingerprint density at radius 2 is 1.85 bits per heavy atom. The number of carboxylic acid groups (broad SMARTS) is 1. The number of ether oxygens (including phenoxy) is 1. The number of nitrogens with one attached hydrogen (secondary N) is 1. The summed E-state index contributed by atoms with van der Waals surface area (Å²) in [6, 6.07) is 9.87. The van der Waals surface area contributed by atoms with Crippen LogP contribution in [0.3, 0.4) is 0 Å². The Morgan fingerprint density at radius 1 is 1.15 bits per heavy atom. The Labute approximate surface area is 224 Å². The van der Waals surface area contributed by atoms with Gasteiger partial charge in [-0.1, -0.05) is 29.4 Å². The van der Waals surface area contributed by atoms with Crippen molar-refractivity contribution in [3.05, 3.63) is 59.4 Å². The quantitative estimate of drug-likeness (QED) is 0.411. The monoisotopic (exact) mass is 585 g/mol. The number of rotatable bonds is 8. The van der Waals surface area contributed by atoms with E-state index in [0.29, 0.717) is 49.3 Å². The van der Waals surface area contributed by atoms with E-state index in [0.717, 1.165) is 11.6 Å². The van der Waals surface area contributed by atoms with Gasteiger partial charge in [0.1, 0.15) is 15.4 Å². The molecule has 0 unspecified atom stereocenters. The zero-order chi connectivity index (χ0) is 28.0. The lowest BCUT2D eigenvalue weighted by molar-refractivity contribution is -0.155. The van der Waals surface area contributed by atoms with Crippen molar-refractivity contribution in [1.29, 1.82) is 0 Å². The van der Waals surface area contributed by atoms with Crippen LogP contribution in [0.5, 0.6) is 0 Å². The lowest BCUT2D eigenvalue weighted by atomic mass is 10.0. The van der Waals surface area contributed by atoms with Gasteiger partial charge in [0.15, 0.2) is 0 Å². The zero-order valence-corrected chi connectivity index (χ0v) is 21.7. The molecule has 1 aliphatic heterocycles. The minimum atomic E-state index is -4.75. The van der Waals surface area contributed by atoms with Gasteiger partial charge in [0.2, 0.25) is 11.7 Å². The number of aliphatic carboxylic acids is 1. The summed E-state index contributed by atoms with van der Waals surface area (Å²) >= 11 is 0.636. The number of thiophene rings is 1. The number of morpholine rings is 1. The van der Waals surface area contributed by atoms with E-state index in [1.807, 2.05) is 0 Å². The van der Waals surface area contributed by atoms with E-state index in [2.05, 4.69) is 14.4 Å². The third-order valence-electron chi connectivity index (χ3n) is 6.65. The van der Waals surface area contributed by atoms with Crippen molar-refractivity contribution in [1.82, 2.24) is 14.8 Å². The maximum Gasteiger partial charge on any atom is 0.452 e. The summed E-state index contributed by atoms with van der Waals surface area (Å²) in [5, 5.41) is 13.3. The van der Waals surface area contributed by atoms with Crippen molar-refractivity contribution >= 4 is 33.2 Å². The fourth-order valence-electron chi connectivity index (χ4n) is 4.44. The van der Waals surface area contributed by atoms with Crippen LogP contribution in [0.15, 0.2) is 51.2 Å². The summed E-state index contributed by atoms with van der Waals surface area (Å²) < 4.78 is 76.1. The molecule has 39 heavy (non-hydrogen) atoms. The summed E-state index contributed by atoms with van der Waals surface area (Å²) in [5.74, 6) is -3.37. The number of alkyl halides is 3. The third kappa shape index (κ3) is 5.57. The highest BCUT2D eigenvalue weighted by Gasteiger charge is 2.63. The number of hydrogen-bond acceptors (Lipinski definition) is 8. The lowest BCUT2D eigenvalue weighted by Gasteiger charge is -2.26. The van der Waals surface area contributed by atoms with Crippen molar-refractivity contribution < 1.29 is 45.5 Å². The molecule has 10 nitrogen and oxygen atoms in total. The van der Waals surface area contributed by atoms with Crippen molar-refractivity contribution in [3.63, 3.8) is 0 Å². The fraction of sp³-hybridized carbons (Fsp3) is 0.375. The minimum absolute atomic E-state index is 0.00405. The number of sulfonamides is 1. The van der Waals surface area contributed by atoms with Gasteiger partial charge < -0.3 is 19.3 Å². The molecule has 0 bridgehead atoms. The van der Waals surface area contributed by atoms with Crippen LogP contribution in [0.1, 0.15) is 29.2 Å². The standard InChI is InChI=1S/C24H22F3N3O7S2/c25-24(26,27)19-12-17(28-37-19)18-5-6-21(38-18)39(34,35)29-23(22(32)33)13-16(23)15-3-1-14(2-4-15)11-20(31)30-7-9-36-10-8-30/h1-6,12,16,29H,7-11,13H2,(H,32,33)/t16-,23-/m1/s1.